The maximum atomic E-state index is 12.9. The molecule has 0 aliphatic rings. The first-order valence-corrected chi connectivity index (χ1v) is 13.2. The van der Waals surface area contributed by atoms with Gasteiger partial charge in [0.1, 0.15) is 11.3 Å². The first-order valence-electron chi connectivity index (χ1n) is 11.7. The monoisotopic (exact) mass is 526 g/mol. The highest BCUT2D eigenvalue weighted by Crippen LogP contribution is 2.21. The van der Waals surface area contributed by atoms with E-state index in [2.05, 4.69) is 19.6 Å². The molecule has 0 aliphatic heterocycles. The van der Waals surface area contributed by atoms with E-state index >= 15 is 0 Å². The Balaban J connectivity index is 0.00000432. The van der Waals surface area contributed by atoms with Gasteiger partial charge in [-0.05, 0) is 70.6 Å². The molecule has 0 unspecified atom stereocenters. The SMILES string of the molecule is CCCn1c(=O)c2[nH]c(-c3ccc(S(=O)(=O)NCCCCN(C)C)cc3)nc2n(CCC)c1=O.Cl. The van der Waals surface area contributed by atoms with Gasteiger partial charge in [-0.15, -0.1) is 12.4 Å². The van der Waals surface area contributed by atoms with E-state index in [0.717, 1.165) is 25.8 Å². The number of sulfonamides is 1. The summed E-state index contributed by atoms with van der Waals surface area (Å²) >= 11 is 0. The number of unbranched alkanes of at least 4 members (excludes halogenated alkanes) is 1. The van der Waals surface area contributed by atoms with Crippen LogP contribution in [-0.4, -0.2) is 59.6 Å². The summed E-state index contributed by atoms with van der Waals surface area (Å²) in [4.78, 5) is 35.5. The van der Waals surface area contributed by atoms with E-state index in [1.54, 1.807) is 12.1 Å². The summed E-state index contributed by atoms with van der Waals surface area (Å²) in [7, 11) is 0.351. The van der Waals surface area contributed by atoms with Crippen LogP contribution in [-0.2, 0) is 23.1 Å². The van der Waals surface area contributed by atoms with Crippen molar-refractivity contribution in [2.24, 2.45) is 0 Å². The zero-order valence-electron chi connectivity index (χ0n) is 20.7. The Bertz CT molecular complexity index is 1340. The van der Waals surface area contributed by atoms with Crippen molar-refractivity contribution in [2.45, 2.75) is 57.5 Å². The molecule has 0 fully saturated rings. The van der Waals surface area contributed by atoms with Gasteiger partial charge in [-0.3, -0.25) is 13.9 Å². The Labute approximate surface area is 211 Å². The predicted molar refractivity (Wildman–Crippen MR) is 141 cm³/mol. The third-order valence-corrected chi connectivity index (χ3v) is 6.99. The predicted octanol–water partition coefficient (Wildman–Crippen LogP) is 2.42. The lowest BCUT2D eigenvalue weighted by Crippen LogP contribution is -2.40. The van der Waals surface area contributed by atoms with E-state index in [1.807, 2.05) is 27.9 Å². The highest BCUT2D eigenvalue weighted by atomic mass is 35.5. The van der Waals surface area contributed by atoms with Crippen molar-refractivity contribution in [1.29, 1.82) is 0 Å². The van der Waals surface area contributed by atoms with Crippen LogP contribution >= 0.6 is 12.4 Å². The number of hydrogen-bond donors (Lipinski definition) is 2. The quantitative estimate of drug-likeness (QED) is 0.349. The van der Waals surface area contributed by atoms with Crippen LogP contribution in [0.1, 0.15) is 39.5 Å². The van der Waals surface area contributed by atoms with Gasteiger partial charge in [0.25, 0.3) is 5.56 Å². The van der Waals surface area contributed by atoms with Gasteiger partial charge in [-0.2, -0.15) is 0 Å². The van der Waals surface area contributed by atoms with Crippen LogP contribution in [0, 0.1) is 0 Å². The molecular formula is C23H35ClN6O4S. The van der Waals surface area contributed by atoms with E-state index < -0.39 is 15.6 Å². The molecule has 2 N–H and O–H groups in total. The number of aryl methyl sites for hydroxylation is 1. The van der Waals surface area contributed by atoms with Crippen LogP contribution in [0.15, 0.2) is 38.8 Å². The standard InChI is InChI=1S/C23H34N6O4S.ClH/c1-5-14-28-21-19(22(30)29(15-6-2)23(28)31)25-20(26-21)17-9-11-18(12-10-17)34(32,33)24-13-7-8-16-27(3)4;/h9-12,24H,5-8,13-16H2,1-4H3,(H,25,26);1H. The van der Waals surface area contributed by atoms with Gasteiger partial charge in [-0.25, -0.2) is 22.9 Å². The Morgan fingerprint density at radius 2 is 1.63 bits per heavy atom. The highest BCUT2D eigenvalue weighted by Gasteiger charge is 2.18. The van der Waals surface area contributed by atoms with E-state index in [-0.39, 0.29) is 28.5 Å². The number of hydrogen-bond acceptors (Lipinski definition) is 6. The van der Waals surface area contributed by atoms with Crippen LogP contribution in [0.4, 0.5) is 0 Å². The molecule has 2 aromatic heterocycles. The minimum atomic E-state index is -3.62. The van der Waals surface area contributed by atoms with Gasteiger partial charge in [0.2, 0.25) is 10.0 Å². The zero-order valence-corrected chi connectivity index (χ0v) is 22.3. The molecule has 0 amide bonds. The third kappa shape index (κ3) is 6.60. The Morgan fingerprint density at radius 1 is 1.00 bits per heavy atom. The Morgan fingerprint density at radius 3 is 2.23 bits per heavy atom. The summed E-state index contributed by atoms with van der Waals surface area (Å²) in [6.07, 6.45) is 3.04. The molecule has 12 heteroatoms. The zero-order chi connectivity index (χ0) is 24.9. The molecule has 0 radical (unpaired) electrons. The summed E-state index contributed by atoms with van der Waals surface area (Å²) in [5, 5.41) is 0. The average molecular weight is 527 g/mol. The number of fused-ring (bicyclic) bond motifs is 1. The lowest BCUT2D eigenvalue weighted by molar-refractivity contribution is 0.394. The molecule has 35 heavy (non-hydrogen) atoms. The summed E-state index contributed by atoms with van der Waals surface area (Å²) in [5.41, 5.74) is 0.448. The van der Waals surface area contributed by atoms with Crippen LogP contribution in [0.3, 0.4) is 0 Å². The minimum Gasteiger partial charge on any atom is -0.332 e. The van der Waals surface area contributed by atoms with Crippen molar-refractivity contribution in [3.8, 4) is 11.4 Å². The molecular weight excluding hydrogens is 492 g/mol. The molecule has 2 heterocycles. The first-order chi connectivity index (χ1) is 16.2. The molecule has 10 nitrogen and oxygen atoms in total. The fourth-order valence-electron chi connectivity index (χ4n) is 3.78. The van der Waals surface area contributed by atoms with Crippen molar-refractivity contribution in [3.05, 3.63) is 45.1 Å². The van der Waals surface area contributed by atoms with Gasteiger partial charge in [0.15, 0.2) is 5.65 Å². The molecule has 0 saturated carbocycles. The Kier molecular flexibility index (Phi) is 10.3. The first kappa shape index (κ1) is 28.8. The molecule has 0 saturated heterocycles. The van der Waals surface area contributed by atoms with Gasteiger partial charge in [-0.1, -0.05) is 13.8 Å². The molecule has 0 aliphatic carbocycles. The van der Waals surface area contributed by atoms with E-state index in [0.29, 0.717) is 43.1 Å². The molecule has 0 bridgehead atoms. The summed E-state index contributed by atoms with van der Waals surface area (Å²) in [6, 6.07) is 6.31. The topological polar surface area (TPSA) is 122 Å². The molecule has 1 aromatic carbocycles. The number of benzene rings is 1. The van der Waals surface area contributed by atoms with Gasteiger partial charge < -0.3 is 9.88 Å². The van der Waals surface area contributed by atoms with Crippen molar-refractivity contribution >= 4 is 33.6 Å². The second kappa shape index (κ2) is 12.5. The van der Waals surface area contributed by atoms with Gasteiger partial charge >= 0.3 is 5.69 Å². The molecule has 0 atom stereocenters. The fraction of sp³-hybridized carbons (Fsp3) is 0.522. The van der Waals surface area contributed by atoms with Crippen LogP contribution in [0.2, 0.25) is 0 Å². The fourth-order valence-corrected chi connectivity index (χ4v) is 4.86. The summed E-state index contributed by atoms with van der Waals surface area (Å²) in [6.45, 7) is 5.93. The van der Waals surface area contributed by atoms with Crippen molar-refractivity contribution in [3.63, 3.8) is 0 Å². The minimum absolute atomic E-state index is 0. The number of nitrogens with one attached hydrogen (secondary N) is 2. The number of imidazole rings is 1. The van der Waals surface area contributed by atoms with E-state index in [4.69, 9.17) is 0 Å². The maximum Gasteiger partial charge on any atom is 0.332 e. The number of halogens is 1. The number of aromatic nitrogens is 4. The highest BCUT2D eigenvalue weighted by molar-refractivity contribution is 7.89. The molecule has 0 spiro atoms. The smallest absolute Gasteiger partial charge is 0.332 e. The summed E-state index contributed by atoms with van der Waals surface area (Å²) < 4.78 is 30.6. The second-order valence-corrected chi connectivity index (χ2v) is 10.4. The number of H-pyrrole nitrogens is 1. The number of aromatic amines is 1. The van der Waals surface area contributed by atoms with Crippen LogP contribution in [0.5, 0.6) is 0 Å². The van der Waals surface area contributed by atoms with Crippen LogP contribution in [0.25, 0.3) is 22.6 Å². The average Bonchev–Trinajstić information content (AvgIpc) is 3.25. The normalized spacial score (nSPS) is 11.8. The van der Waals surface area contributed by atoms with Crippen molar-refractivity contribution in [1.82, 2.24) is 28.7 Å². The van der Waals surface area contributed by atoms with Gasteiger partial charge in [0.05, 0.1) is 4.90 Å². The molecule has 3 rings (SSSR count). The third-order valence-electron chi connectivity index (χ3n) is 5.52. The van der Waals surface area contributed by atoms with Crippen molar-refractivity contribution in [2.75, 3.05) is 27.2 Å². The lowest BCUT2D eigenvalue weighted by Gasteiger charge is -2.10. The van der Waals surface area contributed by atoms with E-state index in [1.165, 1.54) is 21.3 Å². The maximum absolute atomic E-state index is 12.9. The van der Waals surface area contributed by atoms with Crippen LogP contribution < -0.4 is 16.0 Å². The Hall–Kier alpha value is -2.47. The number of rotatable bonds is 12. The number of nitrogens with zero attached hydrogens (tertiary/aromatic N) is 4. The largest absolute Gasteiger partial charge is 0.332 e. The van der Waals surface area contributed by atoms with E-state index in [9.17, 15) is 18.0 Å². The molecule has 3 aromatic rings. The van der Waals surface area contributed by atoms with Gasteiger partial charge in [0, 0.05) is 25.2 Å². The summed E-state index contributed by atoms with van der Waals surface area (Å²) in [5.74, 6) is 0.409. The lowest BCUT2D eigenvalue weighted by atomic mass is 10.2. The van der Waals surface area contributed by atoms with Crippen molar-refractivity contribution < 1.29 is 8.42 Å². The molecule has 194 valence electrons. The second-order valence-electron chi connectivity index (χ2n) is 8.61.